The summed E-state index contributed by atoms with van der Waals surface area (Å²) in [4.78, 5) is 2.36. The first-order valence-electron chi connectivity index (χ1n) is 7.26. The number of anilines is 1. The Morgan fingerprint density at radius 1 is 1.16 bits per heavy atom. The average molecular weight is 258 g/mol. The largest absolute Gasteiger partial charge is 0.367 e. The zero-order valence-electron chi connectivity index (χ0n) is 11.1. The lowest BCUT2D eigenvalue weighted by molar-refractivity contribution is 0.430. The number of hydrogen-bond donors (Lipinski definition) is 0. The van der Waals surface area contributed by atoms with E-state index in [-0.39, 0.29) is 5.82 Å². The van der Waals surface area contributed by atoms with Gasteiger partial charge in [-0.1, -0.05) is 12.8 Å². The van der Waals surface area contributed by atoms with E-state index in [2.05, 4.69) is 11.0 Å². The summed E-state index contributed by atoms with van der Waals surface area (Å²) in [6.45, 7) is 1.00. The van der Waals surface area contributed by atoms with Crippen LogP contribution in [0.2, 0.25) is 0 Å². The molecule has 1 saturated carbocycles. The van der Waals surface area contributed by atoms with Gasteiger partial charge < -0.3 is 4.90 Å². The topological polar surface area (TPSA) is 27.0 Å². The van der Waals surface area contributed by atoms with E-state index in [4.69, 9.17) is 0 Å². The fraction of sp³-hybridized carbons (Fsp3) is 0.562. The Labute approximate surface area is 113 Å². The molecule has 1 heterocycles. The molecular formula is C16H19FN2. The number of nitrogens with zero attached hydrogens (tertiary/aromatic N) is 2. The Bertz CT molecular complexity index is 500. The molecule has 3 heteroatoms. The standard InChI is InChI=1S/C16H19FN2/c17-14-7-8-16(13(10-14)11-18)19-9-3-6-15(19)12-4-1-2-5-12/h7-8,10,12,15H,1-6,9H2. The molecule has 100 valence electrons. The predicted octanol–water partition coefficient (Wildman–Crippen LogP) is 3.86. The van der Waals surface area contributed by atoms with Crippen molar-refractivity contribution in [1.82, 2.24) is 0 Å². The Balaban J connectivity index is 1.90. The maximum Gasteiger partial charge on any atom is 0.124 e. The molecule has 2 nitrogen and oxygen atoms in total. The average Bonchev–Trinajstić information content (AvgIpc) is 3.08. The molecule has 1 atom stereocenters. The van der Waals surface area contributed by atoms with Crippen molar-refractivity contribution in [3.05, 3.63) is 29.6 Å². The summed E-state index contributed by atoms with van der Waals surface area (Å²) in [5.41, 5.74) is 1.41. The Kier molecular flexibility index (Phi) is 3.42. The van der Waals surface area contributed by atoms with E-state index >= 15 is 0 Å². The van der Waals surface area contributed by atoms with Crippen LogP contribution in [0.5, 0.6) is 0 Å². The second-order valence-electron chi connectivity index (χ2n) is 5.72. The van der Waals surface area contributed by atoms with Gasteiger partial charge in [-0.15, -0.1) is 0 Å². The van der Waals surface area contributed by atoms with Crippen LogP contribution in [0.15, 0.2) is 18.2 Å². The van der Waals surface area contributed by atoms with Crippen LogP contribution in [0.1, 0.15) is 44.1 Å². The molecule has 0 bridgehead atoms. The van der Waals surface area contributed by atoms with Crippen LogP contribution >= 0.6 is 0 Å². The van der Waals surface area contributed by atoms with Crippen LogP contribution in [-0.2, 0) is 0 Å². The Hall–Kier alpha value is -1.56. The fourth-order valence-electron chi connectivity index (χ4n) is 3.77. The lowest BCUT2D eigenvalue weighted by Crippen LogP contribution is -2.35. The monoisotopic (exact) mass is 258 g/mol. The number of benzene rings is 1. The molecule has 1 saturated heterocycles. The number of rotatable bonds is 2. The molecule has 19 heavy (non-hydrogen) atoms. The van der Waals surface area contributed by atoms with Crippen LogP contribution in [0.3, 0.4) is 0 Å². The van der Waals surface area contributed by atoms with Gasteiger partial charge in [0, 0.05) is 12.6 Å². The maximum atomic E-state index is 13.2. The molecule has 0 N–H and O–H groups in total. The van der Waals surface area contributed by atoms with Gasteiger partial charge in [-0.2, -0.15) is 5.26 Å². The summed E-state index contributed by atoms with van der Waals surface area (Å²) in [5, 5.41) is 9.21. The molecule has 0 radical (unpaired) electrons. The van der Waals surface area contributed by atoms with Crippen LogP contribution in [-0.4, -0.2) is 12.6 Å². The maximum absolute atomic E-state index is 13.2. The van der Waals surface area contributed by atoms with Crippen LogP contribution in [0.4, 0.5) is 10.1 Å². The van der Waals surface area contributed by atoms with Gasteiger partial charge in [0.2, 0.25) is 0 Å². The zero-order chi connectivity index (χ0) is 13.2. The van der Waals surface area contributed by atoms with Crippen molar-refractivity contribution in [3.63, 3.8) is 0 Å². The van der Waals surface area contributed by atoms with Gasteiger partial charge in [0.15, 0.2) is 0 Å². The second-order valence-corrected chi connectivity index (χ2v) is 5.72. The van der Waals surface area contributed by atoms with Crippen LogP contribution < -0.4 is 4.90 Å². The van der Waals surface area contributed by atoms with E-state index in [0.29, 0.717) is 11.6 Å². The van der Waals surface area contributed by atoms with Crippen molar-refractivity contribution in [2.75, 3.05) is 11.4 Å². The molecule has 1 aromatic rings. The van der Waals surface area contributed by atoms with E-state index in [0.717, 1.165) is 18.2 Å². The Morgan fingerprint density at radius 3 is 2.68 bits per heavy atom. The first-order valence-corrected chi connectivity index (χ1v) is 7.26. The van der Waals surface area contributed by atoms with Gasteiger partial charge >= 0.3 is 0 Å². The van der Waals surface area contributed by atoms with Crippen LogP contribution in [0.25, 0.3) is 0 Å². The normalized spacial score (nSPS) is 23.8. The smallest absolute Gasteiger partial charge is 0.124 e. The summed E-state index contributed by atoms with van der Waals surface area (Å²) < 4.78 is 13.2. The molecule has 1 unspecified atom stereocenters. The quantitative estimate of drug-likeness (QED) is 0.805. The molecule has 1 aromatic carbocycles. The highest BCUT2D eigenvalue weighted by molar-refractivity contribution is 5.60. The van der Waals surface area contributed by atoms with Crippen molar-refractivity contribution in [2.45, 2.75) is 44.6 Å². The molecule has 0 aromatic heterocycles. The highest BCUT2D eigenvalue weighted by atomic mass is 19.1. The minimum absolute atomic E-state index is 0.322. The van der Waals surface area contributed by atoms with E-state index in [9.17, 15) is 9.65 Å². The van der Waals surface area contributed by atoms with E-state index in [1.54, 1.807) is 6.07 Å². The minimum atomic E-state index is -0.322. The predicted molar refractivity (Wildman–Crippen MR) is 73.4 cm³/mol. The Morgan fingerprint density at radius 2 is 1.95 bits per heavy atom. The minimum Gasteiger partial charge on any atom is -0.367 e. The summed E-state index contributed by atoms with van der Waals surface area (Å²) in [6, 6.07) is 7.31. The molecule has 1 aliphatic heterocycles. The van der Waals surface area contributed by atoms with Crippen molar-refractivity contribution >= 4 is 5.69 Å². The molecule has 2 aliphatic rings. The zero-order valence-corrected chi connectivity index (χ0v) is 11.1. The number of nitriles is 1. The number of hydrogen-bond acceptors (Lipinski definition) is 2. The van der Waals surface area contributed by atoms with Crippen molar-refractivity contribution in [1.29, 1.82) is 5.26 Å². The molecule has 1 aliphatic carbocycles. The van der Waals surface area contributed by atoms with E-state index in [1.807, 2.05) is 0 Å². The fourth-order valence-corrected chi connectivity index (χ4v) is 3.77. The molecule has 2 fully saturated rings. The summed E-state index contributed by atoms with van der Waals surface area (Å²) in [6.07, 6.45) is 7.69. The molecule has 0 amide bonds. The van der Waals surface area contributed by atoms with E-state index < -0.39 is 0 Å². The first kappa shape index (κ1) is 12.5. The SMILES string of the molecule is N#Cc1cc(F)ccc1N1CCCC1C1CCCC1. The highest BCUT2D eigenvalue weighted by Crippen LogP contribution is 2.38. The third kappa shape index (κ3) is 2.32. The van der Waals surface area contributed by atoms with Crippen molar-refractivity contribution < 1.29 is 4.39 Å². The third-order valence-corrected chi connectivity index (χ3v) is 4.63. The molecule has 3 rings (SSSR count). The van der Waals surface area contributed by atoms with Gasteiger partial charge in [-0.05, 0) is 49.8 Å². The van der Waals surface area contributed by atoms with Gasteiger partial charge in [-0.25, -0.2) is 4.39 Å². The molecular weight excluding hydrogens is 239 g/mol. The summed E-state index contributed by atoms with van der Waals surface area (Å²) in [5.74, 6) is 0.441. The van der Waals surface area contributed by atoms with Crippen molar-refractivity contribution in [2.24, 2.45) is 5.92 Å². The van der Waals surface area contributed by atoms with Gasteiger partial charge in [0.05, 0.1) is 11.3 Å². The van der Waals surface area contributed by atoms with Gasteiger partial charge in [0.25, 0.3) is 0 Å². The summed E-state index contributed by atoms with van der Waals surface area (Å²) in [7, 11) is 0. The van der Waals surface area contributed by atoms with Gasteiger partial charge in [0.1, 0.15) is 11.9 Å². The third-order valence-electron chi connectivity index (χ3n) is 4.63. The van der Waals surface area contributed by atoms with Crippen LogP contribution in [0, 0.1) is 23.1 Å². The first-order chi connectivity index (χ1) is 9.29. The van der Waals surface area contributed by atoms with Gasteiger partial charge in [-0.3, -0.25) is 0 Å². The van der Waals surface area contributed by atoms with E-state index in [1.165, 1.54) is 50.7 Å². The lowest BCUT2D eigenvalue weighted by atomic mass is 9.95. The highest BCUT2D eigenvalue weighted by Gasteiger charge is 2.34. The van der Waals surface area contributed by atoms with Crippen molar-refractivity contribution in [3.8, 4) is 6.07 Å². The lowest BCUT2D eigenvalue weighted by Gasteiger charge is -2.31. The number of halogens is 1. The summed E-state index contributed by atoms with van der Waals surface area (Å²) >= 11 is 0. The second kappa shape index (κ2) is 5.21. The molecule has 0 spiro atoms.